The zero-order chi connectivity index (χ0) is 27.4. The van der Waals surface area contributed by atoms with Gasteiger partial charge < -0.3 is 9.47 Å². The molecule has 0 radical (unpaired) electrons. The number of piperidine rings is 1. The molecule has 0 bridgehead atoms. The Morgan fingerprint density at radius 1 is 1.21 bits per heavy atom. The Hall–Kier alpha value is -3.63. The van der Waals surface area contributed by atoms with Crippen LogP contribution in [0.4, 0.5) is 27.9 Å². The fraction of sp³-hybridized carbons (Fsp3) is 0.478. The third-order valence-electron chi connectivity index (χ3n) is 6.82. The zero-order valence-corrected chi connectivity index (χ0v) is 20.5. The van der Waals surface area contributed by atoms with Gasteiger partial charge in [-0.1, -0.05) is 11.3 Å². The van der Waals surface area contributed by atoms with Gasteiger partial charge in [0.05, 0.1) is 38.4 Å². The summed E-state index contributed by atoms with van der Waals surface area (Å²) in [5.41, 5.74) is 4.48. The number of nitrogens with one attached hydrogen (secondary N) is 1. The molecule has 1 N–H and O–H groups in total. The molecular formula is C23H23F5N8O3. The molecule has 208 valence electrons. The van der Waals surface area contributed by atoms with Gasteiger partial charge in [0.2, 0.25) is 5.88 Å². The molecule has 2 fully saturated rings. The molecule has 1 aromatic carbocycles. The molecule has 0 unspecified atom stereocenters. The van der Waals surface area contributed by atoms with Crippen LogP contribution in [0.25, 0.3) is 27.7 Å². The number of aromatic nitrogens is 6. The van der Waals surface area contributed by atoms with Crippen molar-refractivity contribution >= 4 is 22.5 Å². The molecule has 2 saturated heterocycles. The minimum absolute atomic E-state index is 0.00453. The number of benzene rings is 1. The first-order valence-corrected chi connectivity index (χ1v) is 12.1. The maximum absolute atomic E-state index is 14.7. The highest BCUT2D eigenvalue weighted by Crippen LogP contribution is 2.34. The standard InChI is InChI=1S/C23H23F5N8O3/c1-37-20-19-15(13-2-3-16-17(8-13)36(33-30-16)12-23(26,27)28)4-7-35(19)31-21(29-20)32-39-18-5-6-34(11-22(18,24)25)14-9-38-10-14/h2-4,7-8,14,18H,5-6,9-12H2,1H3,(H,31,32)/t18-/m1/s1. The summed E-state index contributed by atoms with van der Waals surface area (Å²) in [6.07, 6.45) is -4.16. The van der Waals surface area contributed by atoms with E-state index in [9.17, 15) is 22.0 Å². The van der Waals surface area contributed by atoms with Gasteiger partial charge in [-0.25, -0.2) is 23.5 Å². The number of methoxy groups -OCH3 is 1. The van der Waals surface area contributed by atoms with Crippen molar-refractivity contribution in [2.75, 3.05) is 38.9 Å². The highest BCUT2D eigenvalue weighted by Gasteiger charge is 2.48. The van der Waals surface area contributed by atoms with E-state index in [1.165, 1.54) is 17.7 Å². The molecular weight excluding hydrogens is 531 g/mol. The lowest BCUT2D eigenvalue weighted by molar-refractivity contribution is -0.186. The summed E-state index contributed by atoms with van der Waals surface area (Å²) in [6.45, 7) is -0.359. The number of likely N-dealkylation sites (tertiary alicyclic amines) is 1. The van der Waals surface area contributed by atoms with Crippen LogP contribution < -0.4 is 10.2 Å². The molecule has 39 heavy (non-hydrogen) atoms. The minimum atomic E-state index is -4.46. The van der Waals surface area contributed by atoms with Gasteiger partial charge in [0.25, 0.3) is 11.9 Å². The van der Waals surface area contributed by atoms with E-state index < -0.39 is 31.3 Å². The number of hydrogen-bond donors (Lipinski definition) is 1. The van der Waals surface area contributed by atoms with Crippen LogP contribution in [0.5, 0.6) is 5.88 Å². The van der Waals surface area contributed by atoms with Gasteiger partial charge in [0.15, 0.2) is 6.10 Å². The summed E-state index contributed by atoms with van der Waals surface area (Å²) in [4.78, 5) is 11.3. The first-order valence-electron chi connectivity index (χ1n) is 12.1. The van der Waals surface area contributed by atoms with E-state index >= 15 is 0 Å². The fourth-order valence-electron chi connectivity index (χ4n) is 4.79. The summed E-state index contributed by atoms with van der Waals surface area (Å²) in [7, 11) is 1.38. The lowest BCUT2D eigenvalue weighted by Gasteiger charge is -2.44. The predicted molar refractivity (Wildman–Crippen MR) is 126 cm³/mol. The molecule has 0 amide bonds. The van der Waals surface area contributed by atoms with Gasteiger partial charge in [-0.2, -0.15) is 18.2 Å². The Balaban J connectivity index is 1.24. The molecule has 0 spiro atoms. The summed E-state index contributed by atoms with van der Waals surface area (Å²) < 4.78 is 81.1. The van der Waals surface area contributed by atoms with Gasteiger partial charge in [0.1, 0.15) is 17.6 Å². The van der Waals surface area contributed by atoms with E-state index in [1.807, 2.05) is 0 Å². The summed E-state index contributed by atoms with van der Waals surface area (Å²) in [6, 6.07) is 6.47. The molecule has 3 aromatic heterocycles. The maximum Gasteiger partial charge on any atom is 0.408 e. The molecule has 5 heterocycles. The van der Waals surface area contributed by atoms with Gasteiger partial charge in [-0.05, 0) is 30.2 Å². The summed E-state index contributed by atoms with van der Waals surface area (Å²) in [5, 5.41) is 11.7. The molecule has 11 nitrogen and oxygen atoms in total. The van der Waals surface area contributed by atoms with Gasteiger partial charge >= 0.3 is 6.18 Å². The monoisotopic (exact) mass is 554 g/mol. The first kappa shape index (κ1) is 25.6. The van der Waals surface area contributed by atoms with Crippen molar-refractivity contribution in [1.82, 2.24) is 34.5 Å². The number of anilines is 1. The van der Waals surface area contributed by atoms with Crippen molar-refractivity contribution in [3.8, 4) is 17.0 Å². The molecule has 6 rings (SSSR count). The Morgan fingerprint density at radius 3 is 2.72 bits per heavy atom. The van der Waals surface area contributed by atoms with E-state index in [4.69, 9.17) is 14.3 Å². The average molecular weight is 554 g/mol. The van der Waals surface area contributed by atoms with Crippen LogP contribution in [0.1, 0.15) is 6.42 Å². The van der Waals surface area contributed by atoms with Crippen LogP contribution in [0.15, 0.2) is 30.5 Å². The maximum atomic E-state index is 14.7. The van der Waals surface area contributed by atoms with Crippen molar-refractivity contribution in [2.45, 2.75) is 37.2 Å². The molecule has 2 aliphatic rings. The predicted octanol–water partition coefficient (Wildman–Crippen LogP) is 3.16. The van der Waals surface area contributed by atoms with Crippen molar-refractivity contribution in [3.63, 3.8) is 0 Å². The smallest absolute Gasteiger partial charge is 0.408 e. The number of hydrogen-bond acceptors (Lipinski definition) is 9. The molecule has 16 heteroatoms. The second-order valence-electron chi connectivity index (χ2n) is 9.45. The average Bonchev–Trinajstić information content (AvgIpc) is 3.44. The van der Waals surface area contributed by atoms with Crippen LogP contribution >= 0.6 is 0 Å². The second kappa shape index (κ2) is 9.53. The Labute approximate surface area is 217 Å². The minimum Gasteiger partial charge on any atom is -0.479 e. The third-order valence-corrected chi connectivity index (χ3v) is 6.82. The molecule has 1 atom stereocenters. The zero-order valence-electron chi connectivity index (χ0n) is 20.5. The van der Waals surface area contributed by atoms with Crippen molar-refractivity contribution < 1.29 is 36.3 Å². The third kappa shape index (κ3) is 4.94. The summed E-state index contributed by atoms with van der Waals surface area (Å²) in [5.74, 6) is -3.10. The normalized spacial score (nSPS) is 20.4. The van der Waals surface area contributed by atoms with Crippen LogP contribution in [0.2, 0.25) is 0 Å². The number of halogens is 5. The van der Waals surface area contributed by atoms with E-state index in [0.717, 1.165) is 4.68 Å². The van der Waals surface area contributed by atoms with Crippen molar-refractivity contribution in [2.24, 2.45) is 0 Å². The molecule has 0 aliphatic carbocycles. The van der Waals surface area contributed by atoms with Crippen LogP contribution in [0, 0.1) is 0 Å². The van der Waals surface area contributed by atoms with Gasteiger partial charge in [-0.3, -0.25) is 9.74 Å². The Bertz CT molecular complexity index is 1500. The topological polar surface area (TPSA) is 104 Å². The lowest BCUT2D eigenvalue weighted by atomic mass is 10.0. The molecule has 0 saturated carbocycles. The Morgan fingerprint density at radius 2 is 2.03 bits per heavy atom. The molecule has 4 aromatic rings. The SMILES string of the molecule is COc1nc(NO[C@@H]2CCN(C3COC3)CC2(F)F)nn2ccc(-c3ccc4nnn(CC(F)(F)F)c4c3)c12. The van der Waals surface area contributed by atoms with Crippen LogP contribution in [0.3, 0.4) is 0 Å². The highest BCUT2D eigenvalue weighted by molar-refractivity contribution is 5.89. The van der Waals surface area contributed by atoms with E-state index in [2.05, 4.69) is 25.9 Å². The number of alkyl halides is 5. The van der Waals surface area contributed by atoms with Crippen molar-refractivity contribution in [3.05, 3.63) is 30.5 Å². The number of nitrogens with zero attached hydrogens (tertiary/aromatic N) is 7. The highest BCUT2D eigenvalue weighted by atomic mass is 19.4. The van der Waals surface area contributed by atoms with E-state index in [1.54, 1.807) is 29.3 Å². The van der Waals surface area contributed by atoms with Crippen LogP contribution in [-0.2, 0) is 16.1 Å². The fourth-order valence-corrected chi connectivity index (χ4v) is 4.79. The Kier molecular flexibility index (Phi) is 6.27. The van der Waals surface area contributed by atoms with Crippen LogP contribution in [-0.4, -0.2) is 92.1 Å². The quantitative estimate of drug-likeness (QED) is 0.273. The number of fused-ring (bicyclic) bond motifs is 2. The van der Waals surface area contributed by atoms with E-state index in [0.29, 0.717) is 41.9 Å². The molecule has 2 aliphatic heterocycles. The lowest BCUT2D eigenvalue weighted by Crippen LogP contribution is -2.60. The number of rotatable bonds is 7. The van der Waals surface area contributed by atoms with E-state index in [-0.39, 0.29) is 29.8 Å². The van der Waals surface area contributed by atoms with Crippen molar-refractivity contribution in [1.29, 1.82) is 0 Å². The first-order chi connectivity index (χ1) is 18.6. The largest absolute Gasteiger partial charge is 0.479 e. The van der Waals surface area contributed by atoms with Gasteiger partial charge in [0, 0.05) is 18.3 Å². The van der Waals surface area contributed by atoms with Gasteiger partial charge in [-0.15, -0.1) is 10.2 Å². The second-order valence-corrected chi connectivity index (χ2v) is 9.45. The number of ether oxygens (including phenoxy) is 2. The summed E-state index contributed by atoms with van der Waals surface area (Å²) >= 11 is 0.